The van der Waals surface area contributed by atoms with Crippen molar-refractivity contribution in [2.75, 3.05) is 0 Å². The van der Waals surface area contributed by atoms with Gasteiger partial charge < -0.3 is 0 Å². The second-order valence-electron chi connectivity index (χ2n) is 11.4. The van der Waals surface area contributed by atoms with Crippen LogP contribution in [0.25, 0.3) is 84.1 Å². The summed E-state index contributed by atoms with van der Waals surface area (Å²) < 4.78 is 5.35. The number of benzene rings is 7. The molecular formula is C40H26S2. The number of fused-ring (bicyclic) bond motifs is 6. The molecule has 0 spiro atoms. The number of rotatable bonds is 2. The monoisotopic (exact) mass is 570 g/mol. The van der Waals surface area contributed by atoms with E-state index in [4.69, 9.17) is 0 Å². The third-order valence-electron chi connectivity index (χ3n) is 8.94. The van der Waals surface area contributed by atoms with Gasteiger partial charge in [-0.15, -0.1) is 22.7 Å². The first-order chi connectivity index (χ1) is 20.7. The summed E-state index contributed by atoms with van der Waals surface area (Å²) in [5, 5.41) is 10.9. The fraction of sp³-hybridized carbons (Fsp3) is 0.0500. The van der Waals surface area contributed by atoms with Crippen LogP contribution in [0.4, 0.5) is 0 Å². The van der Waals surface area contributed by atoms with Gasteiger partial charge in [-0.3, -0.25) is 0 Å². The van der Waals surface area contributed by atoms with Crippen molar-refractivity contribution in [3.05, 3.63) is 132 Å². The highest BCUT2D eigenvalue weighted by Crippen LogP contribution is 2.49. The van der Waals surface area contributed by atoms with E-state index in [1.807, 2.05) is 22.7 Å². The molecule has 7 aromatic carbocycles. The van der Waals surface area contributed by atoms with Crippen LogP contribution in [0.3, 0.4) is 0 Å². The molecule has 0 saturated heterocycles. The second kappa shape index (κ2) is 9.00. The molecule has 0 aliphatic rings. The predicted octanol–water partition coefficient (Wildman–Crippen LogP) is 12.7. The maximum absolute atomic E-state index is 2.43. The van der Waals surface area contributed by atoms with E-state index in [0.717, 1.165) is 0 Å². The molecule has 0 radical (unpaired) electrons. The van der Waals surface area contributed by atoms with Gasteiger partial charge in [-0.1, -0.05) is 84.9 Å². The van der Waals surface area contributed by atoms with Gasteiger partial charge >= 0.3 is 0 Å². The first-order valence-electron chi connectivity index (χ1n) is 14.4. The molecule has 0 bridgehead atoms. The molecule has 0 unspecified atom stereocenters. The smallest absolute Gasteiger partial charge is 0.0361 e. The van der Waals surface area contributed by atoms with Crippen molar-refractivity contribution in [3.8, 4) is 22.3 Å². The fourth-order valence-electron chi connectivity index (χ4n) is 6.99. The Morgan fingerprint density at radius 3 is 1.26 bits per heavy atom. The van der Waals surface area contributed by atoms with Crippen LogP contribution in [-0.4, -0.2) is 0 Å². The van der Waals surface area contributed by atoms with E-state index in [1.165, 1.54) is 95.3 Å². The number of hydrogen-bond donors (Lipinski definition) is 0. The molecule has 0 saturated carbocycles. The molecular weight excluding hydrogens is 545 g/mol. The van der Waals surface area contributed by atoms with Crippen LogP contribution >= 0.6 is 22.7 Å². The average Bonchev–Trinajstić information content (AvgIpc) is 3.02. The number of aryl methyl sites for hydroxylation is 2. The van der Waals surface area contributed by atoms with Crippen molar-refractivity contribution in [1.29, 1.82) is 0 Å². The molecule has 0 fully saturated rings. The van der Waals surface area contributed by atoms with Crippen LogP contribution in [0.2, 0.25) is 0 Å². The summed E-state index contributed by atoms with van der Waals surface area (Å²) >= 11 is 3.82. The van der Waals surface area contributed by atoms with Gasteiger partial charge in [-0.25, -0.2) is 0 Å². The van der Waals surface area contributed by atoms with Crippen LogP contribution in [0.5, 0.6) is 0 Å². The van der Waals surface area contributed by atoms with Crippen molar-refractivity contribution in [1.82, 2.24) is 0 Å². The molecule has 0 aliphatic heterocycles. The molecule has 2 aromatic heterocycles. The van der Waals surface area contributed by atoms with Crippen LogP contribution < -0.4 is 0 Å². The van der Waals surface area contributed by atoms with E-state index < -0.39 is 0 Å². The lowest BCUT2D eigenvalue weighted by atomic mass is 9.90. The Hall–Kier alpha value is -4.50. The van der Waals surface area contributed by atoms with Crippen LogP contribution in [-0.2, 0) is 0 Å². The highest BCUT2D eigenvalue weighted by atomic mass is 32.1. The van der Waals surface area contributed by atoms with Gasteiger partial charge in [0.15, 0.2) is 0 Å². The van der Waals surface area contributed by atoms with E-state index in [1.54, 1.807) is 0 Å². The lowest BCUT2D eigenvalue weighted by Gasteiger charge is -2.18. The van der Waals surface area contributed by atoms with Crippen molar-refractivity contribution in [2.24, 2.45) is 0 Å². The highest BCUT2D eigenvalue weighted by molar-refractivity contribution is 7.26. The predicted molar refractivity (Wildman–Crippen MR) is 188 cm³/mol. The lowest BCUT2D eigenvalue weighted by Crippen LogP contribution is -1.90. The molecule has 0 aliphatic carbocycles. The second-order valence-corrected chi connectivity index (χ2v) is 13.5. The summed E-state index contributed by atoms with van der Waals surface area (Å²) in [6, 6.07) is 45.4. The third-order valence-corrected chi connectivity index (χ3v) is 11.2. The number of hydrogen-bond acceptors (Lipinski definition) is 2. The largest absolute Gasteiger partial charge is 0.135 e. The van der Waals surface area contributed by atoms with Crippen LogP contribution in [0.15, 0.2) is 121 Å². The maximum atomic E-state index is 2.43. The van der Waals surface area contributed by atoms with Crippen molar-refractivity contribution in [3.63, 3.8) is 0 Å². The molecule has 2 heterocycles. The highest BCUT2D eigenvalue weighted by Gasteiger charge is 2.19. The Morgan fingerprint density at radius 1 is 0.357 bits per heavy atom. The zero-order chi connectivity index (χ0) is 27.9. The summed E-state index contributed by atoms with van der Waals surface area (Å²) in [6.07, 6.45) is 0. The molecule has 2 heteroatoms. The van der Waals surface area contributed by atoms with E-state index in [0.29, 0.717) is 0 Å². The Bertz CT molecular complexity index is 2360. The molecule has 9 rings (SSSR count). The Labute approximate surface area is 252 Å². The molecule has 42 heavy (non-hydrogen) atoms. The van der Waals surface area contributed by atoms with Crippen LogP contribution in [0, 0.1) is 13.8 Å². The molecule has 198 valence electrons. The minimum atomic E-state index is 1.28. The van der Waals surface area contributed by atoms with Gasteiger partial charge in [-0.05, 0) is 94.4 Å². The molecule has 0 amide bonds. The minimum Gasteiger partial charge on any atom is -0.135 e. The molecule has 0 atom stereocenters. The third kappa shape index (κ3) is 3.40. The molecule has 0 N–H and O–H groups in total. The minimum absolute atomic E-state index is 1.28. The van der Waals surface area contributed by atoms with Crippen molar-refractivity contribution in [2.45, 2.75) is 13.8 Å². The van der Waals surface area contributed by atoms with E-state index >= 15 is 0 Å². The average molecular weight is 571 g/mol. The van der Waals surface area contributed by atoms with Gasteiger partial charge in [0.2, 0.25) is 0 Å². The SMILES string of the molecule is Cc1ccccc1-c1ccc2sc3cccc4c3c(c2c1)c1cccc2sc3ccc(-c5ccccc5C)cc3c4c21. The van der Waals surface area contributed by atoms with Crippen molar-refractivity contribution >= 4 is 84.6 Å². The maximum Gasteiger partial charge on any atom is 0.0361 e. The molecule has 0 nitrogen and oxygen atoms in total. The Balaban J connectivity index is 1.49. The van der Waals surface area contributed by atoms with E-state index in [-0.39, 0.29) is 0 Å². The summed E-state index contributed by atoms with van der Waals surface area (Å²) in [6.45, 7) is 4.42. The zero-order valence-electron chi connectivity index (χ0n) is 23.4. The van der Waals surface area contributed by atoms with E-state index in [2.05, 4.69) is 135 Å². The fourth-order valence-corrected chi connectivity index (χ4v) is 9.20. The topological polar surface area (TPSA) is 0 Å². The first kappa shape index (κ1) is 24.1. The molecule has 9 aromatic rings. The normalized spacial score (nSPS) is 12.0. The van der Waals surface area contributed by atoms with Crippen LogP contribution in [0.1, 0.15) is 11.1 Å². The quantitative estimate of drug-likeness (QED) is 0.143. The van der Waals surface area contributed by atoms with Gasteiger partial charge in [0.05, 0.1) is 0 Å². The first-order valence-corrected chi connectivity index (χ1v) is 16.1. The van der Waals surface area contributed by atoms with Gasteiger partial charge in [0.25, 0.3) is 0 Å². The summed E-state index contributed by atoms with van der Waals surface area (Å²) in [4.78, 5) is 0. The standard InChI is InChI=1S/C40H26S2/c1-23-9-3-5-11-27(23)25-17-19-33-31(21-25)37-29-13-7-16-36-40(29)38(30-14-8-15-35(41-33)39(30)37)32-22-26(18-20-34(32)42-36)28-12-6-4-10-24(28)2/h3-22H,1-2H3. The van der Waals surface area contributed by atoms with Gasteiger partial charge in [0, 0.05) is 51.1 Å². The summed E-state index contributed by atoms with van der Waals surface area (Å²) in [5.74, 6) is 0. The zero-order valence-corrected chi connectivity index (χ0v) is 25.0. The summed E-state index contributed by atoms with van der Waals surface area (Å²) in [7, 11) is 0. The van der Waals surface area contributed by atoms with Gasteiger partial charge in [-0.2, -0.15) is 0 Å². The summed E-state index contributed by atoms with van der Waals surface area (Å²) in [5.41, 5.74) is 7.78. The van der Waals surface area contributed by atoms with E-state index in [9.17, 15) is 0 Å². The Morgan fingerprint density at radius 2 is 0.810 bits per heavy atom. The lowest BCUT2D eigenvalue weighted by molar-refractivity contribution is 1.46. The van der Waals surface area contributed by atoms with Gasteiger partial charge in [0.1, 0.15) is 0 Å². The Kier molecular flexibility index (Phi) is 5.17. The van der Waals surface area contributed by atoms with Crippen molar-refractivity contribution < 1.29 is 0 Å².